The number of carbonyl (C=O) groups is 1. The number of morpholine rings is 1. The van der Waals surface area contributed by atoms with Crippen LogP contribution in [-0.4, -0.2) is 59.5 Å². The molecule has 0 saturated carbocycles. The minimum atomic E-state index is -0.0362. The van der Waals surface area contributed by atoms with Gasteiger partial charge >= 0.3 is 0 Å². The summed E-state index contributed by atoms with van der Waals surface area (Å²) in [5, 5.41) is 7.28. The van der Waals surface area contributed by atoms with Crippen LogP contribution in [0, 0.1) is 5.92 Å². The zero-order valence-corrected chi connectivity index (χ0v) is 14.9. The molecule has 1 aromatic carbocycles. The number of hydrogen-bond donors (Lipinski definition) is 1. The highest BCUT2D eigenvalue weighted by atomic mass is 16.5. The predicted octanol–water partition coefficient (Wildman–Crippen LogP) is 1.96. The molecule has 0 aliphatic carbocycles. The summed E-state index contributed by atoms with van der Waals surface area (Å²) in [7, 11) is 0. The normalized spacial score (nSPS) is 16.8. The third kappa shape index (κ3) is 4.46. The lowest BCUT2D eigenvalue weighted by molar-refractivity contribution is 0.00673. The van der Waals surface area contributed by atoms with Gasteiger partial charge in [-0.2, -0.15) is 5.10 Å². The Bertz CT molecular complexity index is 661. The van der Waals surface area contributed by atoms with Crippen molar-refractivity contribution < 1.29 is 9.53 Å². The highest BCUT2D eigenvalue weighted by molar-refractivity contribution is 5.94. The molecular weight excluding hydrogens is 316 g/mol. The van der Waals surface area contributed by atoms with Crippen LogP contribution >= 0.6 is 0 Å². The van der Waals surface area contributed by atoms with E-state index in [0.717, 1.165) is 32.0 Å². The average Bonchev–Trinajstić information content (AvgIpc) is 3.17. The molecule has 1 aliphatic heterocycles. The van der Waals surface area contributed by atoms with Crippen LogP contribution in [0.25, 0.3) is 5.69 Å². The monoisotopic (exact) mass is 342 g/mol. The highest BCUT2D eigenvalue weighted by Crippen LogP contribution is 2.13. The summed E-state index contributed by atoms with van der Waals surface area (Å²) in [4.78, 5) is 14.9. The van der Waals surface area contributed by atoms with Crippen LogP contribution in [0.2, 0.25) is 0 Å². The van der Waals surface area contributed by atoms with Crippen LogP contribution in [0.3, 0.4) is 0 Å². The minimum Gasteiger partial charge on any atom is -0.379 e. The van der Waals surface area contributed by atoms with Crippen molar-refractivity contribution in [2.24, 2.45) is 5.92 Å². The SMILES string of the molecule is CC(C)C(CNC(=O)c1ccc(-n2cccn2)cc1)N1CCOCC1. The third-order valence-electron chi connectivity index (χ3n) is 4.65. The molecule has 134 valence electrons. The fourth-order valence-electron chi connectivity index (χ4n) is 3.18. The first kappa shape index (κ1) is 17.6. The molecule has 1 amide bonds. The summed E-state index contributed by atoms with van der Waals surface area (Å²) in [6, 6.07) is 9.69. The summed E-state index contributed by atoms with van der Waals surface area (Å²) in [6.45, 7) is 8.44. The first-order chi connectivity index (χ1) is 12.1. The Balaban J connectivity index is 1.59. The molecule has 0 spiro atoms. The molecule has 1 aromatic heterocycles. The van der Waals surface area contributed by atoms with Gasteiger partial charge in [-0.05, 0) is 36.2 Å². The third-order valence-corrected chi connectivity index (χ3v) is 4.65. The van der Waals surface area contributed by atoms with Crippen molar-refractivity contribution in [2.45, 2.75) is 19.9 Å². The van der Waals surface area contributed by atoms with Crippen LogP contribution in [-0.2, 0) is 4.74 Å². The van der Waals surface area contributed by atoms with Crippen molar-refractivity contribution in [1.29, 1.82) is 0 Å². The highest BCUT2D eigenvalue weighted by Gasteiger charge is 2.24. The summed E-state index contributed by atoms with van der Waals surface area (Å²) in [5.41, 5.74) is 1.61. The van der Waals surface area contributed by atoms with Gasteiger partial charge in [-0.25, -0.2) is 4.68 Å². The van der Waals surface area contributed by atoms with Gasteiger partial charge in [-0.15, -0.1) is 0 Å². The van der Waals surface area contributed by atoms with Gasteiger partial charge in [0.25, 0.3) is 5.91 Å². The van der Waals surface area contributed by atoms with Gasteiger partial charge in [0.2, 0.25) is 0 Å². The van der Waals surface area contributed by atoms with E-state index in [-0.39, 0.29) is 5.91 Å². The van der Waals surface area contributed by atoms with E-state index < -0.39 is 0 Å². The Morgan fingerprint density at radius 3 is 2.56 bits per heavy atom. The predicted molar refractivity (Wildman–Crippen MR) is 96.9 cm³/mol. The Hall–Kier alpha value is -2.18. The molecule has 6 heteroatoms. The molecule has 1 aliphatic rings. The van der Waals surface area contributed by atoms with Gasteiger partial charge in [-0.3, -0.25) is 9.69 Å². The maximum atomic E-state index is 12.5. The van der Waals surface area contributed by atoms with Gasteiger partial charge in [0.05, 0.1) is 18.9 Å². The van der Waals surface area contributed by atoms with Crippen LogP contribution in [0.15, 0.2) is 42.7 Å². The lowest BCUT2D eigenvalue weighted by Gasteiger charge is -2.36. The fraction of sp³-hybridized carbons (Fsp3) is 0.474. The first-order valence-electron chi connectivity index (χ1n) is 8.85. The molecule has 1 saturated heterocycles. The van der Waals surface area contributed by atoms with Crippen LogP contribution in [0.1, 0.15) is 24.2 Å². The molecule has 0 radical (unpaired) electrons. The molecule has 3 rings (SSSR count). The second kappa shape index (κ2) is 8.27. The largest absolute Gasteiger partial charge is 0.379 e. The van der Waals surface area contributed by atoms with Gasteiger partial charge in [0.15, 0.2) is 0 Å². The fourth-order valence-corrected chi connectivity index (χ4v) is 3.18. The quantitative estimate of drug-likeness (QED) is 0.872. The standard InChI is InChI=1S/C19H26N4O2/c1-15(2)18(22-10-12-25-13-11-22)14-20-19(24)16-4-6-17(7-5-16)23-9-3-8-21-23/h3-9,15,18H,10-14H2,1-2H3,(H,20,24). The Labute approximate surface area is 148 Å². The van der Waals surface area contributed by atoms with E-state index >= 15 is 0 Å². The number of nitrogens with one attached hydrogen (secondary N) is 1. The zero-order chi connectivity index (χ0) is 17.6. The van der Waals surface area contributed by atoms with Crippen molar-refractivity contribution in [3.8, 4) is 5.69 Å². The number of carbonyl (C=O) groups excluding carboxylic acids is 1. The lowest BCUT2D eigenvalue weighted by atomic mass is 10.0. The van der Waals surface area contributed by atoms with E-state index in [2.05, 4.69) is 29.2 Å². The van der Waals surface area contributed by atoms with E-state index in [1.54, 1.807) is 10.9 Å². The first-order valence-corrected chi connectivity index (χ1v) is 8.85. The van der Waals surface area contributed by atoms with E-state index in [4.69, 9.17) is 4.74 Å². The van der Waals surface area contributed by atoms with Gasteiger partial charge in [0, 0.05) is 43.6 Å². The van der Waals surface area contributed by atoms with Crippen molar-refractivity contribution in [3.63, 3.8) is 0 Å². The van der Waals surface area contributed by atoms with E-state index in [1.807, 2.05) is 36.5 Å². The zero-order valence-electron chi connectivity index (χ0n) is 14.9. The second-order valence-electron chi connectivity index (χ2n) is 6.67. The molecule has 6 nitrogen and oxygen atoms in total. The van der Waals surface area contributed by atoms with Crippen molar-refractivity contribution in [1.82, 2.24) is 20.0 Å². The second-order valence-corrected chi connectivity index (χ2v) is 6.67. The average molecular weight is 342 g/mol. The molecule has 25 heavy (non-hydrogen) atoms. The maximum absolute atomic E-state index is 12.5. The van der Waals surface area contributed by atoms with Crippen molar-refractivity contribution in [3.05, 3.63) is 48.3 Å². The number of hydrogen-bond acceptors (Lipinski definition) is 4. The van der Waals surface area contributed by atoms with E-state index in [9.17, 15) is 4.79 Å². The number of ether oxygens (including phenoxy) is 1. The minimum absolute atomic E-state index is 0.0362. The smallest absolute Gasteiger partial charge is 0.251 e. The number of benzene rings is 1. The summed E-state index contributed by atoms with van der Waals surface area (Å²) in [6.07, 6.45) is 3.61. The Kier molecular flexibility index (Phi) is 5.83. The Morgan fingerprint density at radius 2 is 1.96 bits per heavy atom. The van der Waals surface area contributed by atoms with Gasteiger partial charge in [0.1, 0.15) is 0 Å². The molecule has 1 fully saturated rings. The van der Waals surface area contributed by atoms with Crippen LogP contribution in [0.4, 0.5) is 0 Å². The molecule has 0 bridgehead atoms. The van der Waals surface area contributed by atoms with Crippen LogP contribution in [0.5, 0.6) is 0 Å². The number of amides is 1. The maximum Gasteiger partial charge on any atom is 0.251 e. The summed E-state index contributed by atoms with van der Waals surface area (Å²) in [5.74, 6) is 0.437. The number of aromatic nitrogens is 2. The topological polar surface area (TPSA) is 59.4 Å². The number of nitrogens with zero attached hydrogens (tertiary/aromatic N) is 3. The van der Waals surface area contributed by atoms with E-state index in [1.165, 1.54) is 0 Å². The van der Waals surface area contributed by atoms with E-state index in [0.29, 0.717) is 24.1 Å². The van der Waals surface area contributed by atoms with Gasteiger partial charge < -0.3 is 10.1 Å². The van der Waals surface area contributed by atoms with Crippen LogP contribution < -0.4 is 5.32 Å². The molecule has 1 N–H and O–H groups in total. The molecule has 2 heterocycles. The van der Waals surface area contributed by atoms with Crippen molar-refractivity contribution in [2.75, 3.05) is 32.8 Å². The summed E-state index contributed by atoms with van der Waals surface area (Å²) >= 11 is 0. The molecule has 1 unspecified atom stereocenters. The lowest BCUT2D eigenvalue weighted by Crippen LogP contribution is -2.51. The van der Waals surface area contributed by atoms with Gasteiger partial charge in [-0.1, -0.05) is 13.8 Å². The summed E-state index contributed by atoms with van der Waals surface area (Å²) < 4.78 is 7.20. The Morgan fingerprint density at radius 1 is 1.24 bits per heavy atom. The molecular formula is C19H26N4O2. The molecule has 2 aromatic rings. The molecule has 1 atom stereocenters. The van der Waals surface area contributed by atoms with Crippen molar-refractivity contribution >= 4 is 5.91 Å². The number of rotatable bonds is 6.